The van der Waals surface area contributed by atoms with Crippen molar-refractivity contribution in [1.29, 1.82) is 0 Å². The van der Waals surface area contributed by atoms with Crippen LogP contribution >= 0.6 is 0 Å². The summed E-state index contributed by atoms with van der Waals surface area (Å²) >= 11 is 0. The molecule has 1 aromatic rings. The standard InChI is InChI=1S/C9H10.H3NO/c1-2-6-9-7-4-3-5-8-9;1-2/h2-5,7-8H,1,6H2;2H,1H2. The maximum absolute atomic E-state index is 6.50. The number of hydrogen-bond donors (Lipinski definition) is 2. The van der Waals surface area contributed by atoms with E-state index in [1.807, 2.05) is 24.3 Å². The quantitative estimate of drug-likeness (QED) is 0.499. The van der Waals surface area contributed by atoms with E-state index >= 15 is 0 Å². The molecular weight excluding hydrogens is 138 g/mol. The molecule has 0 heterocycles. The van der Waals surface area contributed by atoms with Gasteiger partial charge in [0.25, 0.3) is 0 Å². The Morgan fingerprint density at radius 3 is 2.27 bits per heavy atom. The predicted molar refractivity (Wildman–Crippen MR) is 46.3 cm³/mol. The van der Waals surface area contributed by atoms with Crippen LogP contribution in [-0.4, -0.2) is 5.21 Å². The van der Waals surface area contributed by atoms with Crippen LogP contribution < -0.4 is 5.90 Å². The van der Waals surface area contributed by atoms with E-state index in [-0.39, 0.29) is 0 Å². The molecule has 0 unspecified atom stereocenters. The van der Waals surface area contributed by atoms with Crippen molar-refractivity contribution >= 4 is 0 Å². The van der Waals surface area contributed by atoms with Crippen molar-refractivity contribution in [2.24, 2.45) is 5.90 Å². The lowest BCUT2D eigenvalue weighted by Gasteiger charge is -1.91. The van der Waals surface area contributed by atoms with Gasteiger partial charge in [-0.3, -0.25) is 0 Å². The highest BCUT2D eigenvalue weighted by molar-refractivity contribution is 5.16. The molecule has 0 spiro atoms. The van der Waals surface area contributed by atoms with E-state index in [1.54, 1.807) is 0 Å². The van der Waals surface area contributed by atoms with Crippen molar-refractivity contribution in [3.05, 3.63) is 48.6 Å². The summed E-state index contributed by atoms with van der Waals surface area (Å²) in [5, 5.41) is 6.50. The smallest absolute Gasteiger partial charge is 0.0100 e. The molecule has 1 aromatic carbocycles. The van der Waals surface area contributed by atoms with Gasteiger partial charge in [0.1, 0.15) is 0 Å². The number of benzene rings is 1. The Balaban J connectivity index is 0.000000461. The maximum Gasteiger partial charge on any atom is -0.0100 e. The lowest BCUT2D eigenvalue weighted by molar-refractivity contribution is 0.311. The number of rotatable bonds is 2. The number of allylic oxidation sites excluding steroid dienone is 1. The van der Waals surface area contributed by atoms with E-state index in [4.69, 9.17) is 5.21 Å². The normalized spacial score (nSPS) is 7.82. The molecule has 0 fully saturated rings. The van der Waals surface area contributed by atoms with Gasteiger partial charge in [0.05, 0.1) is 0 Å². The number of hydrogen-bond acceptors (Lipinski definition) is 2. The summed E-state index contributed by atoms with van der Waals surface area (Å²) in [5.74, 6) is 3.50. The molecule has 60 valence electrons. The minimum atomic E-state index is 0.973. The zero-order chi connectivity index (χ0) is 8.53. The van der Waals surface area contributed by atoms with E-state index < -0.39 is 0 Å². The Morgan fingerprint density at radius 1 is 1.27 bits per heavy atom. The third kappa shape index (κ3) is 4.31. The Hall–Kier alpha value is -1.12. The van der Waals surface area contributed by atoms with Gasteiger partial charge in [-0.1, -0.05) is 36.4 Å². The van der Waals surface area contributed by atoms with Crippen LogP contribution in [0.1, 0.15) is 5.56 Å². The van der Waals surface area contributed by atoms with Gasteiger partial charge in [0, 0.05) is 0 Å². The lowest BCUT2D eigenvalue weighted by Crippen LogP contribution is -1.75. The monoisotopic (exact) mass is 151 g/mol. The molecule has 3 N–H and O–H groups in total. The summed E-state index contributed by atoms with van der Waals surface area (Å²) in [7, 11) is 0. The third-order valence-electron chi connectivity index (χ3n) is 1.22. The average Bonchev–Trinajstić information content (AvgIpc) is 2.11. The molecule has 0 saturated carbocycles. The molecule has 0 amide bonds. The van der Waals surface area contributed by atoms with Crippen LogP contribution in [0.4, 0.5) is 0 Å². The molecule has 0 bridgehead atoms. The second-order valence-corrected chi connectivity index (χ2v) is 1.98. The SMILES string of the molecule is C=CCc1ccccc1.NO. The third-order valence-corrected chi connectivity index (χ3v) is 1.22. The second-order valence-electron chi connectivity index (χ2n) is 1.98. The second kappa shape index (κ2) is 6.99. The van der Waals surface area contributed by atoms with Crippen molar-refractivity contribution in [2.45, 2.75) is 6.42 Å². The fraction of sp³-hybridized carbons (Fsp3) is 0.111. The summed E-state index contributed by atoms with van der Waals surface area (Å²) in [6, 6.07) is 10.3. The first-order valence-corrected chi connectivity index (χ1v) is 3.34. The minimum Gasteiger partial charge on any atom is -0.320 e. The van der Waals surface area contributed by atoms with E-state index in [9.17, 15) is 0 Å². The first kappa shape index (κ1) is 9.88. The Morgan fingerprint density at radius 2 is 1.82 bits per heavy atom. The molecule has 2 heteroatoms. The van der Waals surface area contributed by atoms with E-state index in [0.29, 0.717) is 0 Å². The minimum absolute atomic E-state index is 0.973. The van der Waals surface area contributed by atoms with E-state index in [1.165, 1.54) is 5.56 Å². The first-order chi connectivity index (χ1) is 5.43. The van der Waals surface area contributed by atoms with Gasteiger partial charge in [-0.2, -0.15) is 0 Å². The molecule has 0 aliphatic rings. The van der Waals surface area contributed by atoms with Crippen LogP contribution in [0.15, 0.2) is 43.0 Å². The zero-order valence-electron chi connectivity index (χ0n) is 6.40. The fourth-order valence-electron chi connectivity index (χ4n) is 0.781. The highest BCUT2D eigenvalue weighted by atomic mass is 16.4. The molecule has 1 rings (SSSR count). The summed E-state index contributed by atoms with van der Waals surface area (Å²) in [5.41, 5.74) is 1.33. The topological polar surface area (TPSA) is 46.2 Å². The van der Waals surface area contributed by atoms with Gasteiger partial charge in [-0.05, 0) is 12.0 Å². The van der Waals surface area contributed by atoms with Crippen LogP contribution in [0.25, 0.3) is 0 Å². The van der Waals surface area contributed by atoms with E-state index in [2.05, 4.69) is 24.6 Å². The molecular formula is C9H13NO. The molecule has 2 nitrogen and oxygen atoms in total. The van der Waals surface area contributed by atoms with Gasteiger partial charge >= 0.3 is 0 Å². The van der Waals surface area contributed by atoms with Gasteiger partial charge in [0.2, 0.25) is 0 Å². The maximum atomic E-state index is 6.50. The highest BCUT2D eigenvalue weighted by Gasteiger charge is 1.82. The first-order valence-electron chi connectivity index (χ1n) is 3.34. The van der Waals surface area contributed by atoms with Gasteiger partial charge in [-0.25, -0.2) is 5.90 Å². The summed E-state index contributed by atoms with van der Waals surface area (Å²) < 4.78 is 0. The van der Waals surface area contributed by atoms with Crippen LogP contribution in [0.5, 0.6) is 0 Å². The Kier molecular flexibility index (Phi) is 6.28. The van der Waals surface area contributed by atoms with Crippen LogP contribution in [0.3, 0.4) is 0 Å². The molecule has 0 aliphatic heterocycles. The van der Waals surface area contributed by atoms with Gasteiger partial charge < -0.3 is 5.21 Å². The molecule has 0 aromatic heterocycles. The van der Waals surface area contributed by atoms with Crippen molar-refractivity contribution < 1.29 is 5.21 Å². The van der Waals surface area contributed by atoms with Gasteiger partial charge in [0.15, 0.2) is 0 Å². The van der Waals surface area contributed by atoms with E-state index in [0.717, 1.165) is 6.42 Å². The molecule has 0 aliphatic carbocycles. The zero-order valence-corrected chi connectivity index (χ0v) is 6.40. The lowest BCUT2D eigenvalue weighted by atomic mass is 10.2. The van der Waals surface area contributed by atoms with Crippen molar-refractivity contribution in [2.75, 3.05) is 0 Å². The Bertz CT molecular complexity index is 184. The van der Waals surface area contributed by atoms with Crippen LogP contribution in [-0.2, 0) is 6.42 Å². The Labute approximate surface area is 66.9 Å². The van der Waals surface area contributed by atoms with Crippen LogP contribution in [0.2, 0.25) is 0 Å². The molecule has 0 atom stereocenters. The number of nitrogens with two attached hydrogens (primary N) is 1. The molecule has 0 radical (unpaired) electrons. The predicted octanol–water partition coefficient (Wildman–Crippen LogP) is 1.75. The van der Waals surface area contributed by atoms with Crippen LogP contribution in [0, 0.1) is 0 Å². The molecule has 11 heavy (non-hydrogen) atoms. The largest absolute Gasteiger partial charge is 0.320 e. The van der Waals surface area contributed by atoms with Crippen molar-refractivity contribution in [3.63, 3.8) is 0 Å². The summed E-state index contributed by atoms with van der Waals surface area (Å²) in [4.78, 5) is 0. The van der Waals surface area contributed by atoms with Crippen molar-refractivity contribution in [1.82, 2.24) is 0 Å². The highest BCUT2D eigenvalue weighted by Crippen LogP contribution is 1.98. The van der Waals surface area contributed by atoms with Crippen molar-refractivity contribution in [3.8, 4) is 0 Å². The summed E-state index contributed by atoms with van der Waals surface area (Å²) in [6.45, 7) is 3.66. The average molecular weight is 151 g/mol. The molecule has 0 saturated heterocycles. The van der Waals surface area contributed by atoms with Gasteiger partial charge in [-0.15, -0.1) is 6.58 Å². The fourth-order valence-corrected chi connectivity index (χ4v) is 0.781. The summed E-state index contributed by atoms with van der Waals surface area (Å²) in [6.07, 6.45) is 2.89.